The number of carbonyl (C=O) groups is 1. The van der Waals surface area contributed by atoms with E-state index < -0.39 is 5.97 Å². The van der Waals surface area contributed by atoms with Crippen molar-refractivity contribution in [3.05, 3.63) is 35.3 Å². The minimum Gasteiger partial charge on any atom is -0.481 e. The normalized spacial score (nSPS) is 10.9. The van der Waals surface area contributed by atoms with Gasteiger partial charge in [-0.05, 0) is 23.9 Å². The zero-order chi connectivity index (χ0) is 13.2. The van der Waals surface area contributed by atoms with Gasteiger partial charge in [0.2, 0.25) is 0 Å². The van der Waals surface area contributed by atoms with Gasteiger partial charge in [-0.3, -0.25) is 4.79 Å². The lowest BCUT2D eigenvalue weighted by atomic mass is 10.3. The first-order valence-electron chi connectivity index (χ1n) is 5.40. The second kappa shape index (κ2) is 5.28. The van der Waals surface area contributed by atoms with E-state index in [2.05, 4.69) is 9.97 Å². The number of rotatable bonds is 4. The van der Waals surface area contributed by atoms with Crippen LogP contribution in [0.25, 0.3) is 10.2 Å². The number of hydrogen-bond donors (Lipinski definition) is 1. The summed E-state index contributed by atoms with van der Waals surface area (Å²) in [5.41, 5.74) is 1.58. The molecule has 0 saturated carbocycles. The Labute approximate surface area is 121 Å². The zero-order valence-electron chi connectivity index (χ0n) is 9.57. The largest absolute Gasteiger partial charge is 0.481 e. The lowest BCUT2D eigenvalue weighted by molar-refractivity contribution is -0.136. The number of thiazole rings is 2. The monoisotopic (exact) mass is 308 g/mol. The van der Waals surface area contributed by atoms with Gasteiger partial charge in [-0.15, -0.1) is 22.7 Å². The highest BCUT2D eigenvalue weighted by molar-refractivity contribution is 8.02. The Morgan fingerprint density at radius 3 is 2.89 bits per heavy atom. The molecular formula is C12H8N2O2S3. The molecule has 2 aromatic heterocycles. The van der Waals surface area contributed by atoms with Crippen molar-refractivity contribution in [1.82, 2.24) is 9.97 Å². The average Bonchev–Trinajstić information content (AvgIpc) is 2.94. The summed E-state index contributed by atoms with van der Waals surface area (Å²) >= 11 is 4.55. The molecule has 0 aliphatic heterocycles. The third-order valence-electron chi connectivity index (χ3n) is 2.31. The van der Waals surface area contributed by atoms with Gasteiger partial charge in [0.25, 0.3) is 0 Å². The Balaban J connectivity index is 1.80. The molecule has 0 fully saturated rings. The molecule has 3 aromatic rings. The number of benzene rings is 1. The summed E-state index contributed by atoms with van der Waals surface area (Å²) in [6.45, 7) is 0. The van der Waals surface area contributed by atoms with Gasteiger partial charge in [-0.25, -0.2) is 9.97 Å². The molecule has 1 aromatic carbocycles. The number of aromatic nitrogens is 2. The van der Waals surface area contributed by atoms with E-state index >= 15 is 0 Å². The van der Waals surface area contributed by atoms with E-state index in [0.717, 1.165) is 18.9 Å². The van der Waals surface area contributed by atoms with Crippen LogP contribution in [0.15, 0.2) is 38.3 Å². The van der Waals surface area contributed by atoms with Gasteiger partial charge in [-0.1, -0.05) is 12.1 Å². The molecule has 0 aliphatic rings. The van der Waals surface area contributed by atoms with Crippen LogP contribution in [0.2, 0.25) is 0 Å². The molecule has 2 heterocycles. The quantitative estimate of drug-likeness (QED) is 0.799. The molecule has 0 unspecified atom stereocenters. The van der Waals surface area contributed by atoms with Gasteiger partial charge in [-0.2, -0.15) is 0 Å². The lowest BCUT2D eigenvalue weighted by Crippen LogP contribution is -1.99. The maximum Gasteiger partial charge on any atom is 0.309 e. The molecule has 96 valence electrons. The van der Waals surface area contributed by atoms with Crippen molar-refractivity contribution in [2.24, 2.45) is 0 Å². The molecule has 0 radical (unpaired) electrons. The van der Waals surface area contributed by atoms with Gasteiger partial charge in [0.15, 0.2) is 8.68 Å². The summed E-state index contributed by atoms with van der Waals surface area (Å²) in [6.07, 6.45) is -0.0308. The topological polar surface area (TPSA) is 63.1 Å². The van der Waals surface area contributed by atoms with Crippen LogP contribution in [0.4, 0.5) is 0 Å². The number of fused-ring (bicyclic) bond motifs is 1. The zero-order valence-corrected chi connectivity index (χ0v) is 12.0. The van der Waals surface area contributed by atoms with Crippen LogP contribution >= 0.6 is 34.4 Å². The highest BCUT2D eigenvalue weighted by atomic mass is 32.2. The Bertz CT molecular complexity index is 702. The molecule has 0 spiro atoms. The van der Waals surface area contributed by atoms with E-state index in [1.165, 1.54) is 23.1 Å². The summed E-state index contributed by atoms with van der Waals surface area (Å²) in [6, 6.07) is 7.97. The number of carboxylic acids is 1. The van der Waals surface area contributed by atoms with Crippen LogP contribution in [-0.4, -0.2) is 21.0 Å². The Morgan fingerprint density at radius 1 is 1.26 bits per heavy atom. The maximum absolute atomic E-state index is 10.6. The van der Waals surface area contributed by atoms with Gasteiger partial charge in [0, 0.05) is 5.38 Å². The number of nitrogens with zero attached hydrogens (tertiary/aromatic N) is 2. The van der Waals surface area contributed by atoms with Crippen LogP contribution in [0.1, 0.15) is 5.69 Å². The first-order chi connectivity index (χ1) is 9.20. The minimum absolute atomic E-state index is 0.0308. The molecular weight excluding hydrogens is 300 g/mol. The van der Waals surface area contributed by atoms with E-state index in [4.69, 9.17) is 5.11 Å². The second-order valence-electron chi connectivity index (χ2n) is 3.72. The van der Waals surface area contributed by atoms with Crippen molar-refractivity contribution in [2.75, 3.05) is 0 Å². The number of para-hydroxylation sites is 1. The van der Waals surface area contributed by atoms with Gasteiger partial charge in [0.1, 0.15) is 0 Å². The minimum atomic E-state index is -0.859. The molecule has 0 saturated heterocycles. The van der Waals surface area contributed by atoms with Crippen molar-refractivity contribution in [2.45, 2.75) is 15.1 Å². The van der Waals surface area contributed by atoms with E-state index in [9.17, 15) is 4.79 Å². The van der Waals surface area contributed by atoms with Crippen molar-refractivity contribution in [3.63, 3.8) is 0 Å². The molecule has 0 amide bonds. The van der Waals surface area contributed by atoms with Gasteiger partial charge in [0.05, 0.1) is 22.3 Å². The maximum atomic E-state index is 10.6. The first-order valence-corrected chi connectivity index (χ1v) is 7.91. The van der Waals surface area contributed by atoms with Gasteiger partial charge < -0.3 is 5.11 Å². The SMILES string of the molecule is O=C(O)Cc1csc(Sc2nc3ccccc3s2)n1. The molecule has 0 bridgehead atoms. The van der Waals surface area contributed by atoms with Crippen LogP contribution in [0.3, 0.4) is 0 Å². The fraction of sp³-hybridized carbons (Fsp3) is 0.0833. The molecule has 0 aliphatic carbocycles. The fourth-order valence-electron chi connectivity index (χ4n) is 1.54. The van der Waals surface area contributed by atoms with E-state index in [-0.39, 0.29) is 6.42 Å². The van der Waals surface area contributed by atoms with Crippen molar-refractivity contribution in [3.8, 4) is 0 Å². The van der Waals surface area contributed by atoms with E-state index in [1.54, 1.807) is 16.7 Å². The smallest absolute Gasteiger partial charge is 0.309 e. The van der Waals surface area contributed by atoms with Crippen LogP contribution < -0.4 is 0 Å². The molecule has 19 heavy (non-hydrogen) atoms. The molecule has 1 N–H and O–H groups in total. The summed E-state index contributed by atoms with van der Waals surface area (Å²) in [5.74, 6) is -0.859. The highest BCUT2D eigenvalue weighted by Gasteiger charge is 2.10. The summed E-state index contributed by atoms with van der Waals surface area (Å²) < 4.78 is 2.90. The average molecular weight is 308 g/mol. The molecule has 4 nitrogen and oxygen atoms in total. The predicted molar refractivity (Wildman–Crippen MR) is 77.2 cm³/mol. The highest BCUT2D eigenvalue weighted by Crippen LogP contribution is 2.35. The van der Waals surface area contributed by atoms with Crippen molar-refractivity contribution < 1.29 is 9.90 Å². The Morgan fingerprint density at radius 2 is 2.11 bits per heavy atom. The summed E-state index contributed by atoms with van der Waals surface area (Å²) in [5, 5.41) is 10.5. The summed E-state index contributed by atoms with van der Waals surface area (Å²) in [7, 11) is 0. The molecule has 0 atom stereocenters. The third kappa shape index (κ3) is 2.94. The Hall–Kier alpha value is -1.44. The Kier molecular flexibility index (Phi) is 3.50. The van der Waals surface area contributed by atoms with Crippen LogP contribution in [-0.2, 0) is 11.2 Å². The van der Waals surface area contributed by atoms with Crippen molar-refractivity contribution in [1.29, 1.82) is 0 Å². The second-order valence-corrected chi connectivity index (χ2v) is 7.11. The standard InChI is InChI=1S/C12H8N2O2S3/c15-10(16)5-7-6-17-11(13-7)19-12-14-8-3-1-2-4-9(8)18-12/h1-4,6H,5H2,(H,15,16). The van der Waals surface area contributed by atoms with Crippen LogP contribution in [0.5, 0.6) is 0 Å². The predicted octanol–water partition coefficient (Wildman–Crippen LogP) is 3.53. The van der Waals surface area contributed by atoms with Crippen molar-refractivity contribution >= 4 is 50.6 Å². The number of aliphatic carboxylic acids is 1. The van der Waals surface area contributed by atoms with E-state index in [0.29, 0.717) is 5.69 Å². The fourth-order valence-corrected chi connectivity index (χ4v) is 4.64. The van der Waals surface area contributed by atoms with E-state index in [1.807, 2.05) is 24.3 Å². The van der Waals surface area contributed by atoms with Gasteiger partial charge >= 0.3 is 5.97 Å². The first kappa shape index (κ1) is 12.6. The molecule has 3 rings (SSSR count). The lowest BCUT2D eigenvalue weighted by Gasteiger charge is -1.89. The number of carboxylic acid groups (broad SMARTS) is 1. The summed E-state index contributed by atoms with van der Waals surface area (Å²) in [4.78, 5) is 19.4. The van der Waals surface area contributed by atoms with Crippen LogP contribution in [0, 0.1) is 0 Å². The molecule has 7 heteroatoms. The number of hydrogen-bond acceptors (Lipinski definition) is 6. The third-order valence-corrected chi connectivity index (χ3v) is 5.40.